The summed E-state index contributed by atoms with van der Waals surface area (Å²) < 4.78 is 2.18. The molecule has 0 aliphatic carbocycles. The quantitative estimate of drug-likeness (QED) is 0.187. The Labute approximate surface area is 293 Å². The van der Waals surface area contributed by atoms with Crippen molar-refractivity contribution in [2.75, 3.05) is 0 Å². The summed E-state index contributed by atoms with van der Waals surface area (Å²) in [6.07, 6.45) is 1.89. The van der Waals surface area contributed by atoms with Crippen molar-refractivity contribution >= 4 is 11.0 Å². The molecule has 0 saturated carbocycles. The molecular weight excluding hydrogens is 611 g/mol. The van der Waals surface area contributed by atoms with Gasteiger partial charge in [0.05, 0.1) is 22.3 Å². The van der Waals surface area contributed by atoms with E-state index in [4.69, 9.17) is 9.97 Å². The highest BCUT2D eigenvalue weighted by Crippen LogP contribution is 2.42. The maximum atomic E-state index is 11.1. The van der Waals surface area contributed by atoms with Crippen LogP contribution in [0.1, 0.15) is 30.5 Å². The highest BCUT2D eigenvalue weighted by Gasteiger charge is 2.27. The Bertz CT molecular complexity index is 2460. The van der Waals surface area contributed by atoms with Crippen LogP contribution < -0.4 is 0 Å². The van der Waals surface area contributed by atoms with Gasteiger partial charge in [-0.05, 0) is 89.3 Å². The van der Waals surface area contributed by atoms with Crippen molar-refractivity contribution in [3.63, 3.8) is 0 Å². The average molecular weight is 648 g/mol. The zero-order chi connectivity index (χ0) is 34.2. The summed E-state index contributed by atoms with van der Waals surface area (Å²) in [6, 6.07) is 54.3. The number of benzene rings is 6. The van der Waals surface area contributed by atoms with Gasteiger partial charge < -0.3 is 5.11 Å². The first kappa shape index (κ1) is 31.0. The van der Waals surface area contributed by atoms with Crippen LogP contribution in [0.5, 0.6) is 5.75 Å². The van der Waals surface area contributed by atoms with E-state index in [0.717, 1.165) is 55.8 Å². The number of fused-ring (bicyclic) bond motifs is 1. The number of hydrogen-bond acceptors (Lipinski definition) is 3. The van der Waals surface area contributed by atoms with Gasteiger partial charge in [0.25, 0.3) is 0 Å². The van der Waals surface area contributed by atoms with E-state index < -0.39 is 0 Å². The van der Waals surface area contributed by atoms with E-state index in [1.54, 1.807) is 6.07 Å². The zero-order valence-electron chi connectivity index (χ0n) is 28.4. The Morgan fingerprint density at radius 3 is 2.02 bits per heavy atom. The van der Waals surface area contributed by atoms with Gasteiger partial charge in [0.1, 0.15) is 11.6 Å². The van der Waals surface area contributed by atoms with E-state index in [9.17, 15) is 5.11 Å². The number of aryl methyl sites for hydroxylation is 1. The smallest absolute Gasteiger partial charge is 0.149 e. The fraction of sp³-hybridized carbons (Fsp3) is 0.0870. The molecule has 0 spiro atoms. The first-order valence-electron chi connectivity index (χ1n) is 17.0. The molecule has 0 aliphatic rings. The van der Waals surface area contributed by atoms with Crippen molar-refractivity contribution in [2.24, 2.45) is 0 Å². The van der Waals surface area contributed by atoms with Crippen LogP contribution in [0, 0.1) is 6.92 Å². The molecule has 2 aromatic heterocycles. The highest BCUT2D eigenvalue weighted by atomic mass is 16.3. The van der Waals surface area contributed by atoms with Crippen LogP contribution in [-0.2, 0) is 5.41 Å². The fourth-order valence-electron chi connectivity index (χ4n) is 6.82. The lowest BCUT2D eigenvalue weighted by Crippen LogP contribution is -2.19. The largest absolute Gasteiger partial charge is 0.507 e. The number of aromatic hydroxyl groups is 1. The number of para-hydroxylation sites is 2. The molecule has 8 aromatic rings. The van der Waals surface area contributed by atoms with E-state index in [1.165, 1.54) is 11.1 Å². The first-order valence-corrected chi connectivity index (χ1v) is 17.0. The number of imidazole rings is 1. The zero-order valence-corrected chi connectivity index (χ0v) is 28.4. The molecule has 50 heavy (non-hydrogen) atoms. The van der Waals surface area contributed by atoms with Crippen molar-refractivity contribution in [1.82, 2.24) is 14.5 Å². The van der Waals surface area contributed by atoms with Gasteiger partial charge in [-0.25, -0.2) is 4.98 Å². The minimum absolute atomic E-state index is 0.188. The maximum Gasteiger partial charge on any atom is 0.149 e. The molecule has 0 amide bonds. The van der Waals surface area contributed by atoms with Crippen LogP contribution in [0.25, 0.3) is 61.6 Å². The molecule has 0 aliphatic heterocycles. The molecule has 1 N–H and O–H groups in total. The normalized spacial score (nSPS) is 11.6. The molecule has 0 atom stereocenters. The number of phenolic OH excluding ortho intramolecular Hbond substituents is 1. The number of pyridine rings is 1. The third-order valence-electron chi connectivity index (χ3n) is 9.75. The number of phenols is 1. The van der Waals surface area contributed by atoms with Gasteiger partial charge in [-0.1, -0.05) is 123 Å². The maximum absolute atomic E-state index is 11.1. The van der Waals surface area contributed by atoms with Crippen LogP contribution in [0.4, 0.5) is 0 Å². The molecule has 4 nitrogen and oxygen atoms in total. The molecule has 2 heterocycles. The fourth-order valence-corrected chi connectivity index (χ4v) is 6.82. The van der Waals surface area contributed by atoms with Crippen molar-refractivity contribution < 1.29 is 5.11 Å². The highest BCUT2D eigenvalue weighted by molar-refractivity contribution is 5.97. The van der Waals surface area contributed by atoms with E-state index >= 15 is 0 Å². The van der Waals surface area contributed by atoms with Crippen LogP contribution in [0.3, 0.4) is 0 Å². The minimum atomic E-state index is -0.313. The Balaban J connectivity index is 1.38. The minimum Gasteiger partial charge on any atom is -0.507 e. The average Bonchev–Trinajstić information content (AvgIpc) is 3.55. The molecule has 242 valence electrons. The molecule has 0 radical (unpaired) electrons. The van der Waals surface area contributed by atoms with Crippen molar-refractivity contribution in [3.05, 3.63) is 181 Å². The van der Waals surface area contributed by atoms with Gasteiger partial charge in [-0.15, -0.1) is 0 Å². The molecule has 4 heteroatoms. The lowest BCUT2D eigenvalue weighted by Gasteiger charge is -2.27. The first-order chi connectivity index (χ1) is 24.4. The Kier molecular flexibility index (Phi) is 7.85. The molecule has 6 aromatic carbocycles. The van der Waals surface area contributed by atoms with Crippen molar-refractivity contribution in [2.45, 2.75) is 26.2 Å². The van der Waals surface area contributed by atoms with Crippen LogP contribution in [-0.4, -0.2) is 19.6 Å². The molecule has 0 bridgehead atoms. The van der Waals surface area contributed by atoms with Crippen LogP contribution in [0.2, 0.25) is 0 Å². The number of nitrogens with zero attached hydrogens (tertiary/aromatic N) is 3. The Morgan fingerprint density at radius 2 is 1.26 bits per heavy atom. The summed E-state index contributed by atoms with van der Waals surface area (Å²) in [5.41, 5.74) is 13.1. The third kappa shape index (κ3) is 5.65. The lowest BCUT2D eigenvalue weighted by molar-refractivity contribution is 0.477. The summed E-state index contributed by atoms with van der Waals surface area (Å²) in [5.74, 6) is 0.872. The molecule has 8 rings (SSSR count). The molecule has 0 saturated heterocycles. The summed E-state index contributed by atoms with van der Waals surface area (Å²) in [7, 11) is 0. The van der Waals surface area contributed by atoms with E-state index in [1.807, 2.05) is 42.6 Å². The predicted octanol–water partition coefficient (Wildman–Crippen LogP) is 11.4. The Hall–Kier alpha value is -6.26. The van der Waals surface area contributed by atoms with E-state index in [-0.39, 0.29) is 11.2 Å². The van der Waals surface area contributed by atoms with Crippen molar-refractivity contribution in [3.8, 4) is 56.3 Å². The van der Waals surface area contributed by atoms with Gasteiger partial charge in [0.2, 0.25) is 0 Å². The van der Waals surface area contributed by atoms with Gasteiger partial charge in [-0.3, -0.25) is 9.55 Å². The Morgan fingerprint density at radius 1 is 0.560 bits per heavy atom. The second-order valence-electron chi connectivity index (χ2n) is 13.4. The van der Waals surface area contributed by atoms with Crippen LogP contribution in [0.15, 0.2) is 164 Å². The second-order valence-corrected chi connectivity index (χ2v) is 13.4. The molecule has 0 unspecified atom stereocenters. The molecule has 0 fully saturated rings. The lowest BCUT2D eigenvalue weighted by atomic mass is 9.77. The summed E-state index contributed by atoms with van der Waals surface area (Å²) >= 11 is 0. The van der Waals surface area contributed by atoms with Gasteiger partial charge >= 0.3 is 0 Å². The van der Waals surface area contributed by atoms with Crippen molar-refractivity contribution in [1.29, 1.82) is 0 Å². The van der Waals surface area contributed by atoms with Gasteiger partial charge in [0, 0.05) is 28.4 Å². The predicted molar refractivity (Wildman–Crippen MR) is 206 cm³/mol. The summed E-state index contributed by atoms with van der Waals surface area (Å²) in [5, 5.41) is 11.1. The SMILES string of the molecule is Cc1ccc(-c2ccnc(-c3cccc(-c4cc(C(C)(C)c5ccccc5)cc5c4nc(-c4ccccc4O)n5-c4ccccc4)c3)c2)cc1. The van der Waals surface area contributed by atoms with E-state index in [2.05, 4.69) is 141 Å². The number of hydrogen-bond donors (Lipinski definition) is 1. The monoisotopic (exact) mass is 647 g/mol. The topological polar surface area (TPSA) is 50.9 Å². The van der Waals surface area contributed by atoms with Gasteiger partial charge in [0.15, 0.2) is 0 Å². The number of rotatable bonds is 7. The number of aromatic nitrogens is 3. The summed E-state index contributed by atoms with van der Waals surface area (Å²) in [4.78, 5) is 10.1. The van der Waals surface area contributed by atoms with Crippen LogP contribution >= 0.6 is 0 Å². The standard InChI is InChI=1S/C46H37N3O/c1-31-21-23-32(24-22-31)33-25-26-47-41(28-33)35-14-12-13-34(27-35)40-29-37(46(2,3)36-15-6-4-7-16-36)30-42-44(40)48-45(39-19-10-11-20-43(39)50)49(42)38-17-8-5-9-18-38/h4-30,50H,1-3H3. The molecular formula is C46H37N3O. The van der Waals surface area contributed by atoms with Gasteiger partial charge in [-0.2, -0.15) is 0 Å². The second kappa shape index (κ2) is 12.6. The third-order valence-corrected chi connectivity index (χ3v) is 9.75. The summed E-state index contributed by atoms with van der Waals surface area (Å²) in [6.45, 7) is 6.66. The van der Waals surface area contributed by atoms with E-state index in [0.29, 0.717) is 11.4 Å².